The number of likely N-dealkylation sites (tertiary alicyclic amines) is 1. The average Bonchev–Trinajstić information content (AvgIpc) is 3.67. The number of halogens is 9. The van der Waals surface area contributed by atoms with E-state index in [0.717, 1.165) is 28.5 Å². The minimum absolute atomic E-state index is 0.196. The lowest BCUT2D eigenvalue weighted by Crippen LogP contribution is -2.53. The number of aliphatic hydroxyl groups is 1. The number of rotatable bonds is 18. The van der Waals surface area contributed by atoms with E-state index >= 15 is 0 Å². The Bertz CT molecular complexity index is 1740. The highest BCUT2D eigenvalue weighted by molar-refractivity contribution is 5.89. The summed E-state index contributed by atoms with van der Waals surface area (Å²) in [5, 5.41) is 62.1. The van der Waals surface area contributed by atoms with Crippen molar-refractivity contribution in [3.8, 4) is 5.75 Å². The molecule has 358 valence electrons. The van der Waals surface area contributed by atoms with Crippen LogP contribution in [0.25, 0.3) is 10.8 Å². The molecule has 0 aliphatic carbocycles. The zero-order valence-corrected chi connectivity index (χ0v) is 33.8. The molecule has 0 bridgehead atoms. The van der Waals surface area contributed by atoms with E-state index < -0.39 is 72.6 Å². The quantitative estimate of drug-likeness (QED) is 0.0747. The Morgan fingerprint density at radius 2 is 1.35 bits per heavy atom. The summed E-state index contributed by atoms with van der Waals surface area (Å²) in [7, 11) is 0. The van der Waals surface area contributed by atoms with Gasteiger partial charge < -0.3 is 50.9 Å². The van der Waals surface area contributed by atoms with Gasteiger partial charge in [0.15, 0.2) is 0 Å². The number of ether oxygens (including phenoxy) is 1. The van der Waals surface area contributed by atoms with Crippen LogP contribution in [0.2, 0.25) is 0 Å². The number of carboxylic acid groups (broad SMARTS) is 5. The summed E-state index contributed by atoms with van der Waals surface area (Å²) in [4.78, 5) is 64.0. The van der Waals surface area contributed by atoms with Gasteiger partial charge >= 0.3 is 48.4 Å². The highest BCUT2D eigenvalue weighted by Crippen LogP contribution is 2.27. The molecule has 0 unspecified atom stereocenters. The zero-order valence-electron chi connectivity index (χ0n) is 33.8. The highest BCUT2D eigenvalue weighted by Gasteiger charge is 2.40. The molecule has 0 spiro atoms. The van der Waals surface area contributed by atoms with Crippen molar-refractivity contribution < 1.29 is 104 Å². The van der Waals surface area contributed by atoms with Crippen LogP contribution < -0.4 is 20.7 Å². The normalized spacial score (nSPS) is 15.3. The van der Waals surface area contributed by atoms with E-state index in [9.17, 15) is 69.2 Å². The Labute approximate surface area is 353 Å². The highest BCUT2D eigenvalue weighted by atomic mass is 19.4. The third-order valence-electron chi connectivity index (χ3n) is 8.19. The average molecular weight is 929 g/mol. The van der Waals surface area contributed by atoms with Crippen LogP contribution in [0, 0.1) is 0 Å². The van der Waals surface area contributed by atoms with E-state index in [2.05, 4.69) is 28.1 Å². The van der Waals surface area contributed by atoms with Crippen molar-refractivity contribution in [3.63, 3.8) is 0 Å². The van der Waals surface area contributed by atoms with Crippen molar-refractivity contribution in [2.75, 3.05) is 26.2 Å². The molecule has 1 heterocycles. The lowest BCUT2D eigenvalue weighted by molar-refractivity contribution is -0.193. The molecule has 1 fully saturated rings. The van der Waals surface area contributed by atoms with E-state index in [1.54, 1.807) is 6.92 Å². The largest absolute Gasteiger partial charge is 0.490 e. The SMILES string of the molecule is CC(C)NC[C@H](O)COc1cccc2ccc(CNCCCC[C@H](N[C@H](C)C(=O)N3CCC[C@H]3C(=O)O)C(=O)O)cc12.O=C(O)C(F)(F)F.O=C(O)C(F)(F)F.O=C(O)C(F)(F)F. The molecule has 1 aliphatic heterocycles. The third-order valence-corrected chi connectivity index (χ3v) is 8.19. The molecule has 63 heavy (non-hydrogen) atoms. The Balaban J connectivity index is 0.00000150. The summed E-state index contributed by atoms with van der Waals surface area (Å²) < 4.78 is 101. The van der Waals surface area contributed by atoms with Crippen molar-refractivity contribution in [1.29, 1.82) is 0 Å². The molecule has 2 aromatic carbocycles. The first-order chi connectivity index (χ1) is 28.9. The van der Waals surface area contributed by atoms with Crippen molar-refractivity contribution in [1.82, 2.24) is 20.9 Å². The van der Waals surface area contributed by atoms with Gasteiger partial charge in [-0.25, -0.2) is 19.2 Å². The van der Waals surface area contributed by atoms with Gasteiger partial charge in [0.25, 0.3) is 0 Å². The Morgan fingerprint density at radius 1 is 0.810 bits per heavy atom. The van der Waals surface area contributed by atoms with Crippen LogP contribution in [0.15, 0.2) is 36.4 Å². The van der Waals surface area contributed by atoms with Crippen LogP contribution >= 0.6 is 0 Å². The van der Waals surface area contributed by atoms with Gasteiger partial charge in [0, 0.05) is 31.1 Å². The van der Waals surface area contributed by atoms with E-state index in [-0.39, 0.29) is 18.6 Å². The summed E-state index contributed by atoms with van der Waals surface area (Å²) in [6.07, 6.45) is -13.1. The summed E-state index contributed by atoms with van der Waals surface area (Å²) in [5.41, 5.74) is 1.08. The van der Waals surface area contributed by atoms with Crippen LogP contribution in [0.3, 0.4) is 0 Å². The lowest BCUT2D eigenvalue weighted by Gasteiger charge is -2.27. The summed E-state index contributed by atoms with van der Waals surface area (Å²) >= 11 is 0. The van der Waals surface area contributed by atoms with Crippen molar-refractivity contribution in [2.45, 2.75) is 108 Å². The number of carbonyl (C=O) groups is 6. The Hall–Kier alpha value is -5.47. The molecular formula is C37H49F9N4O13. The summed E-state index contributed by atoms with van der Waals surface area (Å²) in [6.45, 7) is 8.00. The number of benzene rings is 2. The van der Waals surface area contributed by atoms with Gasteiger partial charge in [-0.2, -0.15) is 39.5 Å². The first-order valence-corrected chi connectivity index (χ1v) is 18.6. The predicted molar refractivity (Wildman–Crippen MR) is 202 cm³/mol. The van der Waals surface area contributed by atoms with Gasteiger partial charge in [0.1, 0.15) is 30.5 Å². The summed E-state index contributed by atoms with van der Waals surface area (Å²) in [5.74, 6) is -9.99. The fourth-order valence-corrected chi connectivity index (χ4v) is 5.16. The Kier molecular flexibility index (Phi) is 24.5. The number of hydrogen-bond donors (Lipinski definition) is 9. The summed E-state index contributed by atoms with van der Waals surface area (Å²) in [6, 6.07) is 9.80. The number of amides is 1. The first kappa shape index (κ1) is 57.5. The van der Waals surface area contributed by atoms with E-state index in [1.807, 2.05) is 38.1 Å². The fourth-order valence-electron chi connectivity index (χ4n) is 5.16. The van der Waals surface area contributed by atoms with E-state index in [0.29, 0.717) is 51.9 Å². The maximum Gasteiger partial charge on any atom is 0.490 e. The molecule has 0 radical (unpaired) electrons. The van der Waals surface area contributed by atoms with Crippen molar-refractivity contribution >= 4 is 46.5 Å². The molecule has 1 saturated heterocycles. The topological polar surface area (TPSA) is 272 Å². The minimum atomic E-state index is -5.08. The fraction of sp³-hybridized carbons (Fsp3) is 0.568. The number of unbranched alkanes of at least 4 members (excludes halogenated alkanes) is 1. The smallest absolute Gasteiger partial charge is 0.490 e. The number of fused-ring (bicyclic) bond motifs is 1. The molecule has 3 rings (SSSR count). The van der Waals surface area contributed by atoms with Gasteiger partial charge in [-0.3, -0.25) is 14.9 Å². The molecule has 2 aromatic rings. The van der Waals surface area contributed by atoms with Gasteiger partial charge in [-0.1, -0.05) is 44.5 Å². The van der Waals surface area contributed by atoms with Gasteiger partial charge in [0.05, 0.1) is 6.04 Å². The van der Waals surface area contributed by atoms with Gasteiger partial charge in [-0.15, -0.1) is 0 Å². The molecule has 1 aliphatic rings. The van der Waals surface area contributed by atoms with Gasteiger partial charge in [-0.05, 0) is 62.2 Å². The maximum absolute atomic E-state index is 12.8. The number of carbonyl (C=O) groups excluding carboxylic acids is 1. The van der Waals surface area contributed by atoms with Crippen LogP contribution in [-0.2, 0) is 35.3 Å². The number of carboxylic acids is 5. The molecule has 1 amide bonds. The zero-order chi connectivity index (χ0) is 48.9. The number of aliphatic hydroxyl groups excluding tert-OH is 1. The van der Waals surface area contributed by atoms with E-state index in [1.165, 1.54) is 4.90 Å². The molecule has 4 atom stereocenters. The first-order valence-electron chi connectivity index (χ1n) is 18.6. The minimum Gasteiger partial charge on any atom is -0.490 e. The standard InChI is InChI=1S/C31H46N4O7.3C2HF3O2/c1-20(2)33-18-24(36)19-42-28-11-6-8-23-13-12-22(16-25(23)28)17-32-14-5-4-9-26(30(38)39)34-21(3)29(37)35-15-7-10-27(35)31(40)41;3*3-2(4,5)1(6)7/h6,8,11-13,16,20-21,24,26-27,32-34,36H,4-5,7,9-10,14-15,17-19H2,1-3H3,(H,38,39)(H,40,41);3*(H,6,7)/t21-,24+,26+,27+;;;/m1.../s1. The van der Waals surface area contributed by atoms with Crippen molar-refractivity contribution in [3.05, 3.63) is 42.0 Å². The molecule has 0 saturated carbocycles. The number of nitrogens with one attached hydrogen (secondary N) is 3. The second-order valence-corrected chi connectivity index (χ2v) is 13.7. The van der Waals surface area contributed by atoms with E-state index in [4.69, 9.17) is 34.4 Å². The number of alkyl halides is 9. The second kappa shape index (κ2) is 26.9. The molecule has 9 N–H and O–H groups in total. The molecule has 17 nitrogen and oxygen atoms in total. The maximum atomic E-state index is 12.8. The van der Waals surface area contributed by atoms with Crippen LogP contribution in [-0.4, -0.2) is 146 Å². The second-order valence-electron chi connectivity index (χ2n) is 13.7. The molecule has 26 heteroatoms. The monoisotopic (exact) mass is 928 g/mol. The number of aliphatic carboxylic acids is 5. The predicted octanol–water partition coefficient (Wildman–Crippen LogP) is 4.24. The lowest BCUT2D eigenvalue weighted by atomic mass is 10.1. The number of nitrogens with zero attached hydrogens (tertiary/aromatic N) is 1. The molecule has 0 aromatic heterocycles. The third kappa shape index (κ3) is 23.5. The van der Waals surface area contributed by atoms with Gasteiger partial charge in [0.2, 0.25) is 5.91 Å². The van der Waals surface area contributed by atoms with Crippen LogP contribution in [0.1, 0.15) is 58.4 Å². The number of hydrogen-bond acceptors (Lipinski definition) is 11. The molecular weight excluding hydrogens is 879 g/mol. The van der Waals surface area contributed by atoms with Crippen LogP contribution in [0.4, 0.5) is 39.5 Å². The Morgan fingerprint density at radius 3 is 1.83 bits per heavy atom. The van der Waals surface area contributed by atoms with Crippen LogP contribution in [0.5, 0.6) is 5.75 Å². The van der Waals surface area contributed by atoms with Crippen molar-refractivity contribution in [2.24, 2.45) is 0 Å².